The molecule has 0 aliphatic rings. The molecule has 0 aliphatic heterocycles. The van der Waals surface area contributed by atoms with Crippen LogP contribution in [0.25, 0.3) is 0 Å². The number of hydrogen-bond acceptors (Lipinski definition) is 3. The Morgan fingerprint density at radius 1 is 1.92 bits per heavy atom. The lowest BCUT2D eigenvalue weighted by atomic mass is 10.3. The van der Waals surface area contributed by atoms with Gasteiger partial charge in [0.15, 0.2) is 0 Å². The molecule has 1 aromatic heterocycles. The first-order valence-corrected chi connectivity index (χ1v) is 3.56. The second kappa shape index (κ2) is 3.71. The fourth-order valence-corrected chi connectivity index (χ4v) is 0.782. The van der Waals surface area contributed by atoms with Gasteiger partial charge < -0.3 is 9.73 Å². The highest BCUT2D eigenvalue weighted by molar-refractivity contribution is 5.87. The van der Waals surface area contributed by atoms with Gasteiger partial charge in [0.05, 0.1) is 6.20 Å². The Kier molecular flexibility index (Phi) is 2.63. The predicted molar refractivity (Wildman–Crippen MR) is 43.3 cm³/mol. The quantitative estimate of drug-likeness (QED) is 0.682. The van der Waals surface area contributed by atoms with Crippen LogP contribution in [0.1, 0.15) is 18.9 Å². The van der Waals surface area contributed by atoms with Crippen molar-refractivity contribution < 1.29 is 9.21 Å². The Labute approximate surface area is 70.3 Å². The van der Waals surface area contributed by atoms with Crippen LogP contribution in [0.5, 0.6) is 0 Å². The number of nitrogens with zero attached hydrogens (tertiary/aromatic N) is 1. The molecule has 12 heavy (non-hydrogen) atoms. The van der Waals surface area contributed by atoms with Crippen molar-refractivity contribution in [3.63, 3.8) is 0 Å². The molecule has 64 valence electrons. The zero-order chi connectivity index (χ0) is 8.97. The molecule has 0 saturated carbocycles. The summed E-state index contributed by atoms with van der Waals surface area (Å²) in [7, 11) is 0. The summed E-state index contributed by atoms with van der Waals surface area (Å²) >= 11 is 0. The molecule has 0 aromatic carbocycles. The van der Waals surface area contributed by atoms with Gasteiger partial charge in [0, 0.05) is 0 Å². The van der Waals surface area contributed by atoms with Gasteiger partial charge in [-0.15, -0.1) is 0 Å². The largest absolute Gasteiger partial charge is 0.447 e. The van der Waals surface area contributed by atoms with Gasteiger partial charge in [-0.1, -0.05) is 6.58 Å². The molecule has 1 rings (SSSR count). The van der Waals surface area contributed by atoms with E-state index in [1.165, 1.54) is 18.5 Å². The van der Waals surface area contributed by atoms with E-state index in [4.69, 9.17) is 4.42 Å². The van der Waals surface area contributed by atoms with Crippen molar-refractivity contribution in [1.82, 2.24) is 10.3 Å². The minimum Gasteiger partial charge on any atom is -0.447 e. The Hall–Kier alpha value is -1.58. The maximum atomic E-state index is 10.8. The lowest BCUT2D eigenvalue weighted by Crippen LogP contribution is -2.24. The van der Waals surface area contributed by atoms with Gasteiger partial charge >= 0.3 is 0 Å². The van der Waals surface area contributed by atoms with E-state index in [1.807, 2.05) is 0 Å². The highest BCUT2D eigenvalue weighted by atomic mass is 16.3. The standard InChI is InChI=1S/C8H10N2O2/c1-3-7(11)10-6(2)8-9-4-5-12-8/h3-6H,1H2,2H3,(H,10,11). The lowest BCUT2D eigenvalue weighted by molar-refractivity contribution is -0.117. The van der Waals surface area contributed by atoms with Crippen molar-refractivity contribution in [3.8, 4) is 0 Å². The molecule has 0 radical (unpaired) electrons. The molecule has 0 saturated heterocycles. The van der Waals surface area contributed by atoms with Gasteiger partial charge in [0.25, 0.3) is 0 Å². The number of rotatable bonds is 3. The second-order valence-electron chi connectivity index (χ2n) is 2.30. The molecular weight excluding hydrogens is 156 g/mol. The van der Waals surface area contributed by atoms with E-state index in [0.29, 0.717) is 5.89 Å². The average Bonchev–Trinajstić information content (AvgIpc) is 2.56. The van der Waals surface area contributed by atoms with E-state index < -0.39 is 0 Å². The number of amides is 1. The van der Waals surface area contributed by atoms with Gasteiger partial charge in [-0.05, 0) is 13.0 Å². The van der Waals surface area contributed by atoms with Crippen LogP contribution in [0, 0.1) is 0 Å². The van der Waals surface area contributed by atoms with Crippen molar-refractivity contribution in [1.29, 1.82) is 0 Å². The van der Waals surface area contributed by atoms with E-state index >= 15 is 0 Å². The third-order valence-electron chi connectivity index (χ3n) is 1.37. The summed E-state index contributed by atoms with van der Waals surface area (Å²) in [6, 6.07) is -0.217. The van der Waals surface area contributed by atoms with Crippen molar-refractivity contribution in [2.75, 3.05) is 0 Å². The SMILES string of the molecule is C=CC(=O)NC(C)c1ncco1. The van der Waals surface area contributed by atoms with Crippen molar-refractivity contribution in [2.24, 2.45) is 0 Å². The van der Waals surface area contributed by atoms with Gasteiger partial charge in [-0.3, -0.25) is 4.79 Å². The Morgan fingerprint density at radius 2 is 2.67 bits per heavy atom. The molecule has 0 spiro atoms. The first-order valence-electron chi connectivity index (χ1n) is 3.56. The van der Waals surface area contributed by atoms with Crippen LogP contribution in [-0.4, -0.2) is 10.9 Å². The Morgan fingerprint density at radius 3 is 3.17 bits per heavy atom. The van der Waals surface area contributed by atoms with Gasteiger partial charge in [0.2, 0.25) is 11.8 Å². The summed E-state index contributed by atoms with van der Waals surface area (Å²) in [4.78, 5) is 14.7. The predicted octanol–water partition coefficient (Wildman–Crippen LogP) is 1.04. The summed E-state index contributed by atoms with van der Waals surface area (Å²) in [6.45, 7) is 5.12. The van der Waals surface area contributed by atoms with E-state index in [9.17, 15) is 4.79 Å². The fraction of sp³-hybridized carbons (Fsp3) is 0.250. The van der Waals surface area contributed by atoms with Crippen LogP contribution in [0.3, 0.4) is 0 Å². The molecule has 4 nitrogen and oxygen atoms in total. The molecule has 1 N–H and O–H groups in total. The van der Waals surface area contributed by atoms with Gasteiger partial charge in [-0.2, -0.15) is 0 Å². The zero-order valence-electron chi connectivity index (χ0n) is 6.78. The topological polar surface area (TPSA) is 55.1 Å². The minimum absolute atomic E-state index is 0.217. The molecule has 4 heteroatoms. The lowest BCUT2D eigenvalue weighted by Gasteiger charge is -2.06. The van der Waals surface area contributed by atoms with Crippen LogP contribution in [-0.2, 0) is 4.79 Å². The van der Waals surface area contributed by atoms with Crippen LogP contribution in [0.4, 0.5) is 0 Å². The van der Waals surface area contributed by atoms with E-state index in [2.05, 4.69) is 16.9 Å². The molecular formula is C8H10N2O2. The summed E-state index contributed by atoms with van der Waals surface area (Å²) < 4.78 is 4.98. The van der Waals surface area contributed by atoms with Gasteiger partial charge in [0.1, 0.15) is 12.3 Å². The number of oxazole rings is 1. The molecule has 1 aromatic rings. The maximum Gasteiger partial charge on any atom is 0.244 e. The highest BCUT2D eigenvalue weighted by Crippen LogP contribution is 2.07. The normalized spacial score (nSPS) is 12.1. The van der Waals surface area contributed by atoms with Gasteiger partial charge in [-0.25, -0.2) is 4.98 Å². The van der Waals surface area contributed by atoms with E-state index in [0.717, 1.165) is 0 Å². The number of nitrogens with one attached hydrogen (secondary N) is 1. The maximum absolute atomic E-state index is 10.8. The molecule has 1 heterocycles. The van der Waals surface area contributed by atoms with Crippen molar-refractivity contribution in [3.05, 3.63) is 31.0 Å². The average molecular weight is 166 g/mol. The van der Waals surface area contributed by atoms with E-state index in [1.54, 1.807) is 6.92 Å². The molecule has 1 atom stereocenters. The van der Waals surface area contributed by atoms with Crippen LogP contribution >= 0.6 is 0 Å². The van der Waals surface area contributed by atoms with Crippen LogP contribution in [0.15, 0.2) is 29.5 Å². The Balaban J connectivity index is 2.55. The van der Waals surface area contributed by atoms with Crippen LogP contribution in [0.2, 0.25) is 0 Å². The zero-order valence-corrected chi connectivity index (χ0v) is 6.78. The molecule has 0 bridgehead atoms. The summed E-state index contributed by atoms with van der Waals surface area (Å²) in [5.74, 6) is 0.255. The monoisotopic (exact) mass is 166 g/mol. The summed E-state index contributed by atoms with van der Waals surface area (Å²) in [5, 5.41) is 2.62. The first-order chi connectivity index (χ1) is 5.74. The smallest absolute Gasteiger partial charge is 0.244 e. The number of aromatic nitrogens is 1. The molecule has 1 unspecified atom stereocenters. The highest BCUT2D eigenvalue weighted by Gasteiger charge is 2.10. The van der Waals surface area contributed by atoms with Crippen molar-refractivity contribution >= 4 is 5.91 Å². The molecule has 1 amide bonds. The third kappa shape index (κ3) is 1.95. The van der Waals surface area contributed by atoms with Crippen LogP contribution < -0.4 is 5.32 Å². The summed E-state index contributed by atoms with van der Waals surface area (Å²) in [6.07, 6.45) is 4.21. The molecule has 0 fully saturated rings. The fourth-order valence-electron chi connectivity index (χ4n) is 0.782. The number of carbonyl (C=O) groups is 1. The number of hydrogen-bond donors (Lipinski definition) is 1. The summed E-state index contributed by atoms with van der Waals surface area (Å²) in [5.41, 5.74) is 0. The second-order valence-corrected chi connectivity index (χ2v) is 2.30. The Bertz CT molecular complexity index is 267. The van der Waals surface area contributed by atoms with Crippen molar-refractivity contribution in [2.45, 2.75) is 13.0 Å². The third-order valence-corrected chi connectivity index (χ3v) is 1.37. The minimum atomic E-state index is -0.235. The number of carbonyl (C=O) groups excluding carboxylic acids is 1. The van der Waals surface area contributed by atoms with E-state index in [-0.39, 0.29) is 11.9 Å². The molecule has 0 aliphatic carbocycles. The first kappa shape index (κ1) is 8.52.